The Morgan fingerprint density at radius 3 is 2.56 bits per heavy atom. The van der Waals surface area contributed by atoms with Crippen LogP contribution in [0.25, 0.3) is 0 Å². The maximum absolute atomic E-state index is 11.2. The monoisotopic (exact) mass is 212 g/mol. The van der Waals surface area contributed by atoms with Gasteiger partial charge < -0.3 is 5.73 Å². The lowest BCUT2D eigenvalue weighted by Gasteiger charge is -2.05. The van der Waals surface area contributed by atoms with E-state index >= 15 is 0 Å². The van der Waals surface area contributed by atoms with Crippen LogP contribution in [-0.4, -0.2) is 10.9 Å². The zero-order valence-electron chi connectivity index (χ0n) is 8.76. The van der Waals surface area contributed by atoms with Crippen molar-refractivity contribution in [2.75, 3.05) is 0 Å². The van der Waals surface area contributed by atoms with Gasteiger partial charge in [0.05, 0.1) is 0 Å². The molecule has 0 saturated heterocycles. The van der Waals surface area contributed by atoms with Gasteiger partial charge in [-0.2, -0.15) is 0 Å². The molecule has 2 aromatic rings. The predicted octanol–water partition coefficient (Wildman–Crippen LogP) is 1.77. The fraction of sp³-hybridized carbons (Fsp3) is 0.0769. The molecule has 16 heavy (non-hydrogen) atoms. The third kappa shape index (κ3) is 2.25. The van der Waals surface area contributed by atoms with Crippen LogP contribution in [0.5, 0.6) is 0 Å². The standard InChI is InChI=1S/C13H12N2O/c14-13(16)12-7-2-1-5-10(12)9-11-6-3-4-8-15-11/h1-8H,9H2,(H2,14,16). The number of hydrogen-bond acceptors (Lipinski definition) is 2. The molecule has 3 nitrogen and oxygen atoms in total. The number of aromatic nitrogens is 1. The van der Waals surface area contributed by atoms with Gasteiger partial charge in [-0.25, -0.2) is 0 Å². The van der Waals surface area contributed by atoms with Gasteiger partial charge in [-0.15, -0.1) is 0 Å². The molecule has 0 aliphatic carbocycles. The number of nitrogens with two attached hydrogens (primary N) is 1. The summed E-state index contributed by atoms with van der Waals surface area (Å²) in [6.45, 7) is 0. The number of rotatable bonds is 3. The van der Waals surface area contributed by atoms with E-state index in [-0.39, 0.29) is 0 Å². The van der Waals surface area contributed by atoms with Gasteiger partial charge in [0, 0.05) is 23.9 Å². The molecule has 1 amide bonds. The van der Waals surface area contributed by atoms with Crippen LogP contribution in [-0.2, 0) is 6.42 Å². The molecule has 1 aromatic carbocycles. The fourth-order valence-corrected chi connectivity index (χ4v) is 1.61. The van der Waals surface area contributed by atoms with E-state index in [0.717, 1.165) is 11.3 Å². The lowest BCUT2D eigenvalue weighted by Crippen LogP contribution is -2.13. The van der Waals surface area contributed by atoms with E-state index in [9.17, 15) is 4.79 Å². The lowest BCUT2D eigenvalue weighted by molar-refractivity contribution is 0.0999. The number of primary amides is 1. The Bertz CT molecular complexity index is 494. The number of carbonyl (C=O) groups is 1. The van der Waals surface area contributed by atoms with Crippen molar-refractivity contribution in [1.29, 1.82) is 0 Å². The van der Waals surface area contributed by atoms with Crippen LogP contribution in [0.15, 0.2) is 48.7 Å². The van der Waals surface area contributed by atoms with Crippen LogP contribution < -0.4 is 5.73 Å². The summed E-state index contributed by atoms with van der Waals surface area (Å²) in [5, 5.41) is 0. The molecule has 1 aromatic heterocycles. The number of hydrogen-bond donors (Lipinski definition) is 1. The number of pyridine rings is 1. The molecule has 3 heteroatoms. The predicted molar refractivity (Wildman–Crippen MR) is 62.0 cm³/mol. The van der Waals surface area contributed by atoms with Crippen molar-refractivity contribution >= 4 is 5.91 Å². The summed E-state index contributed by atoms with van der Waals surface area (Å²) in [7, 11) is 0. The highest BCUT2D eigenvalue weighted by Gasteiger charge is 2.07. The van der Waals surface area contributed by atoms with Crippen molar-refractivity contribution in [2.45, 2.75) is 6.42 Å². The third-order valence-corrected chi connectivity index (χ3v) is 2.38. The average Bonchev–Trinajstić information content (AvgIpc) is 2.31. The zero-order chi connectivity index (χ0) is 11.4. The summed E-state index contributed by atoms with van der Waals surface area (Å²) in [4.78, 5) is 15.4. The molecule has 0 spiro atoms. The highest BCUT2D eigenvalue weighted by atomic mass is 16.1. The fourth-order valence-electron chi connectivity index (χ4n) is 1.61. The van der Waals surface area contributed by atoms with E-state index in [1.54, 1.807) is 12.3 Å². The molecular weight excluding hydrogens is 200 g/mol. The Balaban J connectivity index is 2.31. The van der Waals surface area contributed by atoms with E-state index < -0.39 is 5.91 Å². The SMILES string of the molecule is NC(=O)c1ccccc1Cc1ccccn1. The van der Waals surface area contributed by atoms with Crippen LogP contribution in [0.3, 0.4) is 0 Å². The Labute approximate surface area is 93.9 Å². The third-order valence-electron chi connectivity index (χ3n) is 2.38. The summed E-state index contributed by atoms with van der Waals surface area (Å²) in [5.41, 5.74) is 7.71. The first kappa shape index (κ1) is 10.4. The van der Waals surface area contributed by atoms with Crippen molar-refractivity contribution in [1.82, 2.24) is 4.98 Å². The topological polar surface area (TPSA) is 56.0 Å². The molecule has 0 atom stereocenters. The van der Waals surface area contributed by atoms with E-state index in [0.29, 0.717) is 12.0 Å². The second-order valence-corrected chi connectivity index (χ2v) is 3.52. The Hall–Kier alpha value is -2.16. The van der Waals surface area contributed by atoms with Gasteiger partial charge in [0.2, 0.25) is 5.91 Å². The van der Waals surface area contributed by atoms with Crippen LogP contribution in [0.1, 0.15) is 21.6 Å². The van der Waals surface area contributed by atoms with Gasteiger partial charge in [-0.1, -0.05) is 24.3 Å². The first-order chi connectivity index (χ1) is 7.77. The molecule has 2 N–H and O–H groups in total. The van der Waals surface area contributed by atoms with Gasteiger partial charge in [0.25, 0.3) is 0 Å². The summed E-state index contributed by atoms with van der Waals surface area (Å²) in [5.74, 6) is -0.397. The number of carbonyl (C=O) groups excluding carboxylic acids is 1. The molecule has 0 aliphatic heterocycles. The Morgan fingerprint density at radius 2 is 1.88 bits per heavy atom. The summed E-state index contributed by atoms with van der Waals surface area (Å²) >= 11 is 0. The molecule has 2 rings (SSSR count). The number of amides is 1. The Kier molecular flexibility index (Phi) is 2.96. The van der Waals surface area contributed by atoms with E-state index in [1.165, 1.54) is 0 Å². The molecule has 0 fully saturated rings. The molecule has 0 bridgehead atoms. The van der Waals surface area contributed by atoms with E-state index in [4.69, 9.17) is 5.73 Å². The van der Waals surface area contributed by atoms with Crippen LogP contribution >= 0.6 is 0 Å². The first-order valence-corrected chi connectivity index (χ1v) is 5.05. The summed E-state index contributed by atoms with van der Waals surface area (Å²) in [6, 6.07) is 13.1. The smallest absolute Gasteiger partial charge is 0.248 e. The van der Waals surface area contributed by atoms with Gasteiger partial charge >= 0.3 is 0 Å². The maximum Gasteiger partial charge on any atom is 0.248 e. The molecule has 80 valence electrons. The molecule has 0 radical (unpaired) electrons. The average molecular weight is 212 g/mol. The van der Waals surface area contributed by atoms with Gasteiger partial charge in [0.1, 0.15) is 0 Å². The second-order valence-electron chi connectivity index (χ2n) is 3.52. The van der Waals surface area contributed by atoms with Crippen LogP contribution in [0.4, 0.5) is 0 Å². The summed E-state index contributed by atoms with van der Waals surface area (Å²) < 4.78 is 0. The molecule has 1 heterocycles. The largest absolute Gasteiger partial charge is 0.366 e. The summed E-state index contributed by atoms with van der Waals surface area (Å²) in [6.07, 6.45) is 2.36. The quantitative estimate of drug-likeness (QED) is 0.843. The van der Waals surface area contributed by atoms with E-state index in [1.807, 2.05) is 36.4 Å². The minimum Gasteiger partial charge on any atom is -0.366 e. The number of benzene rings is 1. The van der Waals surface area contributed by atoms with Crippen molar-refractivity contribution in [3.63, 3.8) is 0 Å². The molecular formula is C13H12N2O. The second kappa shape index (κ2) is 4.57. The minimum absolute atomic E-state index is 0.397. The Morgan fingerprint density at radius 1 is 1.12 bits per heavy atom. The van der Waals surface area contributed by atoms with Gasteiger partial charge in [-0.05, 0) is 23.8 Å². The minimum atomic E-state index is -0.397. The van der Waals surface area contributed by atoms with Crippen molar-refractivity contribution in [3.8, 4) is 0 Å². The number of nitrogens with zero attached hydrogens (tertiary/aromatic N) is 1. The van der Waals surface area contributed by atoms with Crippen molar-refractivity contribution in [3.05, 3.63) is 65.5 Å². The van der Waals surface area contributed by atoms with E-state index in [2.05, 4.69) is 4.98 Å². The van der Waals surface area contributed by atoms with Gasteiger partial charge in [-0.3, -0.25) is 9.78 Å². The van der Waals surface area contributed by atoms with Crippen LogP contribution in [0, 0.1) is 0 Å². The maximum atomic E-state index is 11.2. The normalized spacial score (nSPS) is 10.0. The highest BCUT2D eigenvalue weighted by molar-refractivity contribution is 5.94. The van der Waals surface area contributed by atoms with Gasteiger partial charge in [0.15, 0.2) is 0 Å². The lowest BCUT2D eigenvalue weighted by atomic mass is 10.0. The molecule has 0 aliphatic rings. The van der Waals surface area contributed by atoms with Crippen molar-refractivity contribution in [2.24, 2.45) is 5.73 Å². The molecule has 0 saturated carbocycles. The zero-order valence-corrected chi connectivity index (χ0v) is 8.76. The first-order valence-electron chi connectivity index (χ1n) is 5.05. The van der Waals surface area contributed by atoms with Crippen molar-refractivity contribution < 1.29 is 4.79 Å². The van der Waals surface area contributed by atoms with Crippen LogP contribution in [0.2, 0.25) is 0 Å². The highest BCUT2D eigenvalue weighted by Crippen LogP contribution is 2.12. The molecule has 0 unspecified atom stereocenters.